The van der Waals surface area contributed by atoms with Crippen molar-refractivity contribution in [1.82, 2.24) is 9.97 Å². The second-order valence-corrected chi connectivity index (χ2v) is 3.26. The molecule has 0 aliphatic rings. The zero-order chi connectivity index (χ0) is 9.84. The average molecular weight is 183 g/mol. The molecule has 13 heavy (non-hydrogen) atoms. The van der Waals surface area contributed by atoms with E-state index in [1.54, 1.807) is 0 Å². The van der Waals surface area contributed by atoms with Crippen LogP contribution in [0.15, 0.2) is 15.8 Å². The number of nitrogens with one attached hydrogen (secondary N) is 3. The minimum Gasteiger partial charge on any atom is -0.379 e. The smallest absolute Gasteiger partial charge is 0.325 e. The van der Waals surface area contributed by atoms with Crippen LogP contribution in [0.2, 0.25) is 0 Å². The molecule has 0 aliphatic heterocycles. The van der Waals surface area contributed by atoms with E-state index >= 15 is 0 Å². The van der Waals surface area contributed by atoms with Crippen molar-refractivity contribution in [1.29, 1.82) is 0 Å². The average Bonchev–Trinajstić information content (AvgIpc) is 2.02. The summed E-state index contributed by atoms with van der Waals surface area (Å²) in [6.45, 7) is 4.77. The van der Waals surface area contributed by atoms with Crippen LogP contribution in [0.3, 0.4) is 0 Å². The van der Waals surface area contributed by atoms with Crippen molar-refractivity contribution >= 4 is 5.69 Å². The van der Waals surface area contributed by atoms with Crippen LogP contribution in [0, 0.1) is 5.92 Å². The van der Waals surface area contributed by atoms with E-state index in [2.05, 4.69) is 15.3 Å². The van der Waals surface area contributed by atoms with Crippen LogP contribution in [0.5, 0.6) is 0 Å². The molecule has 3 N–H and O–H groups in total. The molecule has 0 unspecified atom stereocenters. The Kier molecular flexibility index (Phi) is 2.89. The summed E-state index contributed by atoms with van der Waals surface area (Å²) >= 11 is 0. The van der Waals surface area contributed by atoms with Crippen molar-refractivity contribution in [3.05, 3.63) is 27.0 Å². The molecule has 5 nitrogen and oxygen atoms in total. The van der Waals surface area contributed by atoms with Gasteiger partial charge in [0, 0.05) is 12.7 Å². The lowest BCUT2D eigenvalue weighted by molar-refractivity contribution is 0.687. The summed E-state index contributed by atoms with van der Waals surface area (Å²) in [7, 11) is 0. The van der Waals surface area contributed by atoms with Crippen molar-refractivity contribution in [2.45, 2.75) is 13.8 Å². The monoisotopic (exact) mass is 183 g/mol. The highest BCUT2D eigenvalue weighted by atomic mass is 16.2. The molecule has 5 heteroatoms. The first-order valence-corrected chi connectivity index (χ1v) is 4.15. The minimum absolute atomic E-state index is 0.385. The summed E-state index contributed by atoms with van der Waals surface area (Å²) in [5.41, 5.74) is -0.474. The van der Waals surface area contributed by atoms with Crippen LogP contribution in [-0.2, 0) is 0 Å². The van der Waals surface area contributed by atoms with Gasteiger partial charge in [0.05, 0.1) is 0 Å². The Morgan fingerprint density at radius 1 is 1.46 bits per heavy atom. The standard InChI is InChI=1S/C8H13N3O2/c1-5(2)3-9-6-4-10-8(13)11-7(6)12/h4-5,9H,3H2,1-2H3,(H2,10,11,12,13). The number of H-pyrrole nitrogens is 2. The van der Waals surface area contributed by atoms with Gasteiger partial charge in [0.15, 0.2) is 0 Å². The maximum Gasteiger partial charge on any atom is 0.325 e. The SMILES string of the molecule is CC(C)CNc1c[nH]c(=O)[nH]c1=O. The zero-order valence-electron chi connectivity index (χ0n) is 7.68. The van der Waals surface area contributed by atoms with E-state index in [1.165, 1.54) is 6.20 Å². The second kappa shape index (κ2) is 3.93. The topological polar surface area (TPSA) is 77.8 Å². The van der Waals surface area contributed by atoms with E-state index in [-0.39, 0.29) is 5.56 Å². The Morgan fingerprint density at radius 3 is 2.69 bits per heavy atom. The van der Waals surface area contributed by atoms with Gasteiger partial charge in [0.2, 0.25) is 0 Å². The quantitative estimate of drug-likeness (QED) is 0.623. The van der Waals surface area contributed by atoms with Crippen molar-refractivity contribution in [2.24, 2.45) is 5.92 Å². The first-order valence-electron chi connectivity index (χ1n) is 4.15. The number of hydrogen-bond donors (Lipinski definition) is 3. The van der Waals surface area contributed by atoms with Crippen molar-refractivity contribution in [3.8, 4) is 0 Å². The van der Waals surface area contributed by atoms with Crippen LogP contribution in [-0.4, -0.2) is 16.5 Å². The highest BCUT2D eigenvalue weighted by molar-refractivity contribution is 5.36. The number of hydrogen-bond acceptors (Lipinski definition) is 3. The molecule has 1 heterocycles. The van der Waals surface area contributed by atoms with Crippen LogP contribution < -0.4 is 16.6 Å². The molecule has 0 saturated carbocycles. The first-order chi connectivity index (χ1) is 6.09. The summed E-state index contributed by atoms with van der Waals surface area (Å²) in [4.78, 5) is 26.3. The molecule has 0 spiro atoms. The summed E-state index contributed by atoms with van der Waals surface area (Å²) in [5, 5.41) is 2.93. The normalized spacial score (nSPS) is 10.4. The Labute approximate surface area is 75.2 Å². The lowest BCUT2D eigenvalue weighted by atomic mass is 10.2. The number of aromatic amines is 2. The van der Waals surface area contributed by atoms with E-state index < -0.39 is 5.69 Å². The minimum atomic E-state index is -0.486. The molecule has 0 aromatic carbocycles. The van der Waals surface area contributed by atoms with Crippen molar-refractivity contribution in [3.63, 3.8) is 0 Å². The summed E-state index contributed by atoms with van der Waals surface area (Å²) < 4.78 is 0. The largest absolute Gasteiger partial charge is 0.379 e. The van der Waals surface area contributed by atoms with Crippen LogP contribution in [0.25, 0.3) is 0 Å². The molecule has 1 rings (SSSR count). The molecule has 0 fully saturated rings. The maximum absolute atomic E-state index is 11.1. The van der Waals surface area contributed by atoms with E-state index in [9.17, 15) is 9.59 Å². The third kappa shape index (κ3) is 2.77. The predicted molar refractivity (Wildman–Crippen MR) is 51.0 cm³/mol. The van der Waals surface area contributed by atoms with Gasteiger partial charge in [-0.1, -0.05) is 13.8 Å². The molecular weight excluding hydrogens is 170 g/mol. The van der Waals surface area contributed by atoms with Crippen LogP contribution in [0.1, 0.15) is 13.8 Å². The van der Waals surface area contributed by atoms with E-state index in [4.69, 9.17) is 0 Å². The summed E-state index contributed by atoms with van der Waals surface area (Å²) in [6.07, 6.45) is 1.38. The zero-order valence-corrected chi connectivity index (χ0v) is 7.68. The van der Waals surface area contributed by atoms with E-state index in [0.717, 1.165) is 0 Å². The Balaban J connectivity index is 2.79. The Morgan fingerprint density at radius 2 is 2.15 bits per heavy atom. The van der Waals surface area contributed by atoms with Gasteiger partial charge in [-0.05, 0) is 5.92 Å². The van der Waals surface area contributed by atoms with Gasteiger partial charge in [-0.3, -0.25) is 9.78 Å². The van der Waals surface area contributed by atoms with Gasteiger partial charge in [0.25, 0.3) is 5.56 Å². The molecule has 0 radical (unpaired) electrons. The molecule has 1 aromatic rings. The predicted octanol–water partition coefficient (Wildman–Crippen LogP) is 0.131. The lowest BCUT2D eigenvalue weighted by Gasteiger charge is -2.06. The van der Waals surface area contributed by atoms with E-state index in [0.29, 0.717) is 18.2 Å². The van der Waals surface area contributed by atoms with Gasteiger partial charge in [-0.25, -0.2) is 4.79 Å². The van der Waals surface area contributed by atoms with Crippen molar-refractivity contribution in [2.75, 3.05) is 11.9 Å². The summed E-state index contributed by atoms with van der Waals surface area (Å²) in [5.74, 6) is 0.450. The second-order valence-electron chi connectivity index (χ2n) is 3.26. The summed E-state index contributed by atoms with van der Waals surface area (Å²) in [6, 6.07) is 0. The lowest BCUT2D eigenvalue weighted by Crippen LogP contribution is -2.25. The fourth-order valence-electron chi connectivity index (χ4n) is 0.855. The number of aromatic nitrogens is 2. The molecular formula is C8H13N3O2. The van der Waals surface area contributed by atoms with Gasteiger partial charge in [-0.2, -0.15) is 0 Å². The van der Waals surface area contributed by atoms with Gasteiger partial charge >= 0.3 is 5.69 Å². The maximum atomic E-state index is 11.1. The van der Waals surface area contributed by atoms with Gasteiger partial charge in [0.1, 0.15) is 5.69 Å². The van der Waals surface area contributed by atoms with Crippen LogP contribution >= 0.6 is 0 Å². The molecule has 0 bridgehead atoms. The fraction of sp³-hybridized carbons (Fsp3) is 0.500. The van der Waals surface area contributed by atoms with E-state index in [1.807, 2.05) is 13.8 Å². The molecule has 1 aromatic heterocycles. The number of rotatable bonds is 3. The van der Waals surface area contributed by atoms with Gasteiger partial charge in [-0.15, -0.1) is 0 Å². The highest BCUT2D eigenvalue weighted by Crippen LogP contribution is 1.96. The van der Waals surface area contributed by atoms with Crippen LogP contribution in [0.4, 0.5) is 5.69 Å². The Hall–Kier alpha value is -1.52. The molecule has 0 aliphatic carbocycles. The number of anilines is 1. The first kappa shape index (κ1) is 9.57. The molecule has 0 saturated heterocycles. The van der Waals surface area contributed by atoms with Gasteiger partial charge < -0.3 is 10.3 Å². The highest BCUT2D eigenvalue weighted by Gasteiger charge is 1.99. The molecule has 72 valence electrons. The third-order valence-electron chi connectivity index (χ3n) is 1.52. The fourth-order valence-corrected chi connectivity index (χ4v) is 0.855. The third-order valence-corrected chi connectivity index (χ3v) is 1.52. The Bertz CT molecular complexity index is 377. The molecule has 0 amide bonds. The molecule has 0 atom stereocenters. The van der Waals surface area contributed by atoms with Crippen molar-refractivity contribution < 1.29 is 0 Å².